The summed E-state index contributed by atoms with van der Waals surface area (Å²) >= 11 is 0. The third kappa shape index (κ3) is 1.64. The maximum atomic E-state index is 3.84. The molecular formula is C10H12N4. The molecule has 2 rings (SSSR count). The Hall–Kier alpha value is -1.71. The molecule has 4 heteroatoms. The van der Waals surface area contributed by atoms with Gasteiger partial charge in [-0.3, -0.25) is 0 Å². The zero-order valence-corrected chi connectivity index (χ0v) is 8.25. The standard InChI is InChI=1S/C10H12N4/c1-8(2)9-4-3-5-10(6-9)14-7-11-12-13-14/h3-8H,1-2H3. The van der Waals surface area contributed by atoms with Crippen molar-refractivity contribution in [1.82, 2.24) is 20.2 Å². The highest BCUT2D eigenvalue weighted by molar-refractivity contribution is 5.35. The molecule has 0 aliphatic heterocycles. The molecule has 1 aromatic heterocycles. The third-order valence-electron chi connectivity index (χ3n) is 2.15. The van der Waals surface area contributed by atoms with Crippen LogP contribution in [0, 0.1) is 0 Å². The second-order valence-corrected chi connectivity index (χ2v) is 3.50. The van der Waals surface area contributed by atoms with E-state index in [9.17, 15) is 0 Å². The van der Waals surface area contributed by atoms with Crippen LogP contribution in [0.25, 0.3) is 5.69 Å². The van der Waals surface area contributed by atoms with Crippen LogP contribution in [0.4, 0.5) is 0 Å². The van der Waals surface area contributed by atoms with Gasteiger partial charge in [-0.15, -0.1) is 5.10 Å². The lowest BCUT2D eigenvalue weighted by Crippen LogP contribution is -1.96. The fourth-order valence-electron chi connectivity index (χ4n) is 1.31. The zero-order chi connectivity index (χ0) is 9.97. The van der Waals surface area contributed by atoms with Crippen molar-refractivity contribution in [2.75, 3.05) is 0 Å². The minimum atomic E-state index is 0.520. The summed E-state index contributed by atoms with van der Waals surface area (Å²) in [5.74, 6) is 0.520. The molecular weight excluding hydrogens is 176 g/mol. The van der Waals surface area contributed by atoms with Gasteiger partial charge in [0, 0.05) is 0 Å². The van der Waals surface area contributed by atoms with E-state index >= 15 is 0 Å². The van der Waals surface area contributed by atoms with Gasteiger partial charge in [-0.05, 0) is 34.0 Å². The Morgan fingerprint density at radius 1 is 1.29 bits per heavy atom. The first-order chi connectivity index (χ1) is 6.77. The molecule has 4 nitrogen and oxygen atoms in total. The Morgan fingerprint density at radius 3 is 2.79 bits per heavy atom. The van der Waals surface area contributed by atoms with Crippen LogP contribution in [0.1, 0.15) is 25.3 Å². The monoisotopic (exact) mass is 188 g/mol. The summed E-state index contributed by atoms with van der Waals surface area (Å²) in [6, 6.07) is 8.22. The minimum Gasteiger partial charge on any atom is -0.201 e. The predicted octanol–water partition coefficient (Wildman–Crippen LogP) is 1.79. The number of tetrazole rings is 1. The van der Waals surface area contributed by atoms with Crippen molar-refractivity contribution in [2.24, 2.45) is 0 Å². The van der Waals surface area contributed by atoms with Gasteiger partial charge in [-0.25, -0.2) is 4.68 Å². The number of nitrogens with zero attached hydrogens (tertiary/aromatic N) is 4. The molecule has 0 N–H and O–H groups in total. The van der Waals surface area contributed by atoms with Crippen molar-refractivity contribution in [3.63, 3.8) is 0 Å². The van der Waals surface area contributed by atoms with Crippen molar-refractivity contribution in [1.29, 1.82) is 0 Å². The smallest absolute Gasteiger partial charge is 0.143 e. The first-order valence-corrected chi connectivity index (χ1v) is 4.60. The highest BCUT2D eigenvalue weighted by Crippen LogP contribution is 2.16. The highest BCUT2D eigenvalue weighted by atomic mass is 15.5. The average molecular weight is 188 g/mol. The van der Waals surface area contributed by atoms with E-state index < -0.39 is 0 Å². The van der Waals surface area contributed by atoms with Crippen LogP contribution in [0.15, 0.2) is 30.6 Å². The van der Waals surface area contributed by atoms with E-state index in [1.54, 1.807) is 11.0 Å². The number of hydrogen-bond donors (Lipinski definition) is 0. The molecule has 0 atom stereocenters. The van der Waals surface area contributed by atoms with Gasteiger partial charge < -0.3 is 0 Å². The summed E-state index contributed by atoms with van der Waals surface area (Å²) in [5.41, 5.74) is 2.29. The third-order valence-corrected chi connectivity index (χ3v) is 2.15. The Morgan fingerprint density at radius 2 is 2.14 bits per heavy atom. The predicted molar refractivity (Wildman–Crippen MR) is 53.2 cm³/mol. The molecule has 72 valence electrons. The summed E-state index contributed by atoms with van der Waals surface area (Å²) < 4.78 is 1.66. The molecule has 0 aliphatic carbocycles. The topological polar surface area (TPSA) is 43.6 Å². The number of aromatic nitrogens is 4. The maximum absolute atomic E-state index is 3.84. The van der Waals surface area contributed by atoms with E-state index in [-0.39, 0.29) is 0 Å². The summed E-state index contributed by atoms with van der Waals surface area (Å²) in [4.78, 5) is 0. The Balaban J connectivity index is 2.41. The van der Waals surface area contributed by atoms with Gasteiger partial charge in [0.15, 0.2) is 0 Å². The zero-order valence-electron chi connectivity index (χ0n) is 8.25. The Bertz CT molecular complexity index is 406. The lowest BCUT2D eigenvalue weighted by molar-refractivity contribution is 0.784. The molecule has 0 bridgehead atoms. The average Bonchev–Trinajstić information content (AvgIpc) is 2.71. The summed E-state index contributed by atoms with van der Waals surface area (Å²) in [6.45, 7) is 4.33. The van der Waals surface area contributed by atoms with Crippen LogP contribution in [-0.4, -0.2) is 20.2 Å². The summed E-state index contributed by atoms with van der Waals surface area (Å²) in [7, 11) is 0. The molecule has 0 aliphatic rings. The number of hydrogen-bond acceptors (Lipinski definition) is 3. The molecule has 14 heavy (non-hydrogen) atoms. The molecule has 0 saturated carbocycles. The lowest BCUT2D eigenvalue weighted by atomic mass is 10.0. The van der Waals surface area contributed by atoms with Crippen LogP contribution in [0.3, 0.4) is 0 Å². The number of rotatable bonds is 2. The van der Waals surface area contributed by atoms with Gasteiger partial charge >= 0.3 is 0 Å². The normalized spacial score (nSPS) is 10.8. The van der Waals surface area contributed by atoms with Crippen LogP contribution >= 0.6 is 0 Å². The summed E-state index contributed by atoms with van der Waals surface area (Å²) in [6.07, 6.45) is 1.60. The van der Waals surface area contributed by atoms with Crippen LogP contribution < -0.4 is 0 Å². The van der Waals surface area contributed by atoms with Gasteiger partial charge in [-0.1, -0.05) is 26.0 Å². The lowest BCUT2D eigenvalue weighted by Gasteiger charge is -2.06. The first-order valence-electron chi connectivity index (χ1n) is 4.60. The number of benzene rings is 1. The fourth-order valence-corrected chi connectivity index (χ4v) is 1.31. The molecule has 0 amide bonds. The van der Waals surface area contributed by atoms with E-state index in [0.29, 0.717) is 5.92 Å². The van der Waals surface area contributed by atoms with E-state index in [1.807, 2.05) is 12.1 Å². The van der Waals surface area contributed by atoms with Crippen molar-refractivity contribution >= 4 is 0 Å². The van der Waals surface area contributed by atoms with Crippen molar-refractivity contribution in [2.45, 2.75) is 19.8 Å². The van der Waals surface area contributed by atoms with Gasteiger partial charge in [0.05, 0.1) is 5.69 Å². The van der Waals surface area contributed by atoms with Gasteiger partial charge in [0.2, 0.25) is 0 Å². The molecule has 0 unspecified atom stereocenters. The fraction of sp³-hybridized carbons (Fsp3) is 0.300. The molecule has 0 spiro atoms. The molecule has 0 fully saturated rings. The maximum Gasteiger partial charge on any atom is 0.143 e. The quantitative estimate of drug-likeness (QED) is 0.721. The first kappa shape index (κ1) is 8.87. The van der Waals surface area contributed by atoms with Crippen LogP contribution in [0.5, 0.6) is 0 Å². The SMILES string of the molecule is CC(C)c1cccc(-n2cnnn2)c1. The molecule has 1 heterocycles. The van der Waals surface area contributed by atoms with Gasteiger partial charge in [0.1, 0.15) is 6.33 Å². The van der Waals surface area contributed by atoms with Crippen molar-refractivity contribution in [3.05, 3.63) is 36.2 Å². The van der Waals surface area contributed by atoms with Gasteiger partial charge in [0.25, 0.3) is 0 Å². The Kier molecular flexibility index (Phi) is 2.26. The van der Waals surface area contributed by atoms with E-state index in [0.717, 1.165) is 5.69 Å². The summed E-state index contributed by atoms with van der Waals surface area (Å²) in [5, 5.41) is 11.1. The van der Waals surface area contributed by atoms with E-state index in [4.69, 9.17) is 0 Å². The second-order valence-electron chi connectivity index (χ2n) is 3.50. The molecule has 2 aromatic rings. The minimum absolute atomic E-state index is 0.520. The van der Waals surface area contributed by atoms with Crippen LogP contribution in [0.2, 0.25) is 0 Å². The van der Waals surface area contributed by atoms with E-state index in [2.05, 4.69) is 41.5 Å². The highest BCUT2D eigenvalue weighted by Gasteiger charge is 2.02. The van der Waals surface area contributed by atoms with Crippen molar-refractivity contribution < 1.29 is 0 Å². The second kappa shape index (κ2) is 3.57. The largest absolute Gasteiger partial charge is 0.201 e. The van der Waals surface area contributed by atoms with Gasteiger partial charge in [-0.2, -0.15) is 0 Å². The van der Waals surface area contributed by atoms with Crippen LogP contribution in [-0.2, 0) is 0 Å². The molecule has 0 saturated heterocycles. The molecule has 0 radical (unpaired) electrons. The molecule has 1 aromatic carbocycles. The van der Waals surface area contributed by atoms with Crippen molar-refractivity contribution in [3.8, 4) is 5.69 Å². The van der Waals surface area contributed by atoms with E-state index in [1.165, 1.54) is 5.56 Å². The Labute approximate surface area is 82.6 Å².